The highest BCUT2D eigenvalue weighted by molar-refractivity contribution is 6.36. The quantitative estimate of drug-likeness (QED) is 0.552. The Labute approximate surface area is 170 Å². The third-order valence-electron chi connectivity index (χ3n) is 4.95. The molecule has 0 atom stereocenters. The van der Waals surface area contributed by atoms with Gasteiger partial charge in [0.05, 0.1) is 7.11 Å². The second-order valence-electron chi connectivity index (χ2n) is 7.02. The summed E-state index contributed by atoms with van der Waals surface area (Å²) in [5.41, 5.74) is 5.50. The lowest BCUT2D eigenvalue weighted by molar-refractivity contribution is 0.0829. The average molecular weight is 381 g/mol. The summed E-state index contributed by atoms with van der Waals surface area (Å²) in [6, 6.07) is 15.4. The van der Waals surface area contributed by atoms with E-state index in [9.17, 15) is 4.79 Å². The van der Waals surface area contributed by atoms with Gasteiger partial charge in [0, 0.05) is 54.1 Å². The number of ether oxygens (including phenoxy) is 1. The molecular weight excluding hydrogens is 361 g/mol. The van der Waals surface area contributed by atoms with Crippen molar-refractivity contribution in [3.8, 4) is 28.0 Å². The Hall–Kier alpha value is -3.54. The lowest BCUT2D eigenvalue weighted by Crippen LogP contribution is -2.27. The Morgan fingerprint density at radius 2 is 1.86 bits per heavy atom. The first-order valence-corrected chi connectivity index (χ1v) is 9.21. The van der Waals surface area contributed by atoms with Gasteiger partial charge in [-0.05, 0) is 23.8 Å². The lowest BCUT2D eigenvalue weighted by atomic mass is 9.87. The van der Waals surface area contributed by atoms with Crippen LogP contribution in [0, 0.1) is 0 Å². The normalized spacial score (nSPS) is 10.9. The number of fused-ring (bicyclic) bond motifs is 1. The number of methoxy groups -OCH3 is 1. The Balaban J connectivity index is 1.85. The fourth-order valence-corrected chi connectivity index (χ4v) is 3.41. The smallest absolute Gasteiger partial charge is 0.252 e. The Kier molecular flexibility index (Phi) is 4.85. The van der Waals surface area contributed by atoms with E-state index in [1.165, 1.54) is 4.90 Å². The lowest BCUT2D eigenvalue weighted by Gasteiger charge is -2.14. The maximum absolute atomic E-state index is 12.4. The van der Waals surface area contributed by atoms with Gasteiger partial charge in [0.25, 0.3) is 5.91 Å². The Bertz CT molecular complexity index is 1210. The van der Waals surface area contributed by atoms with Crippen LogP contribution in [-0.4, -0.2) is 49.8 Å². The fraction of sp³-hybridized carbons (Fsp3) is 0.130. The number of aromatic amines is 1. The molecule has 0 aliphatic carbocycles. The Morgan fingerprint density at radius 3 is 2.62 bits per heavy atom. The van der Waals surface area contributed by atoms with Crippen LogP contribution >= 0.6 is 0 Å². The number of amides is 1. The van der Waals surface area contributed by atoms with E-state index in [1.807, 2.05) is 42.6 Å². The molecule has 29 heavy (non-hydrogen) atoms. The summed E-state index contributed by atoms with van der Waals surface area (Å²) in [5.74, 6) is 0.667. The van der Waals surface area contributed by atoms with E-state index < -0.39 is 0 Å². The zero-order valence-corrected chi connectivity index (χ0v) is 16.6. The maximum Gasteiger partial charge on any atom is 0.252 e. The predicted octanol–water partition coefficient (Wildman–Crippen LogP) is 3.40. The molecule has 0 unspecified atom stereocenters. The van der Waals surface area contributed by atoms with E-state index in [-0.39, 0.29) is 5.91 Å². The van der Waals surface area contributed by atoms with Crippen LogP contribution in [0.3, 0.4) is 0 Å². The molecule has 0 aliphatic rings. The molecule has 6 heteroatoms. The summed E-state index contributed by atoms with van der Waals surface area (Å²) < 4.78 is 5.52. The van der Waals surface area contributed by atoms with Crippen LogP contribution in [0.1, 0.15) is 10.4 Å². The van der Waals surface area contributed by atoms with Crippen molar-refractivity contribution in [2.45, 2.75) is 0 Å². The number of hydrogen-bond acceptors (Lipinski definition) is 3. The highest BCUT2D eigenvalue weighted by Gasteiger charge is 2.15. The number of rotatable bonds is 4. The van der Waals surface area contributed by atoms with Gasteiger partial charge in [-0.3, -0.25) is 4.79 Å². The van der Waals surface area contributed by atoms with Crippen molar-refractivity contribution >= 4 is 30.2 Å². The molecular formula is C23H20BN3O2. The summed E-state index contributed by atoms with van der Waals surface area (Å²) >= 11 is 0. The molecule has 0 aliphatic heterocycles. The van der Waals surface area contributed by atoms with Crippen molar-refractivity contribution in [1.29, 1.82) is 0 Å². The van der Waals surface area contributed by atoms with Crippen molar-refractivity contribution < 1.29 is 9.53 Å². The molecule has 0 saturated carbocycles. The zero-order chi connectivity index (χ0) is 20.5. The molecule has 4 rings (SSSR count). The monoisotopic (exact) mass is 381 g/mol. The van der Waals surface area contributed by atoms with Crippen LogP contribution in [0.4, 0.5) is 0 Å². The van der Waals surface area contributed by atoms with Gasteiger partial charge in [-0.1, -0.05) is 35.8 Å². The second-order valence-corrected chi connectivity index (χ2v) is 7.02. The molecule has 2 aromatic carbocycles. The molecule has 0 bridgehead atoms. The van der Waals surface area contributed by atoms with Crippen LogP contribution in [-0.2, 0) is 0 Å². The fourth-order valence-electron chi connectivity index (χ4n) is 3.41. The maximum atomic E-state index is 12.4. The second kappa shape index (κ2) is 7.47. The van der Waals surface area contributed by atoms with E-state index >= 15 is 0 Å². The third-order valence-corrected chi connectivity index (χ3v) is 4.95. The highest BCUT2D eigenvalue weighted by atomic mass is 16.5. The molecule has 0 spiro atoms. The summed E-state index contributed by atoms with van der Waals surface area (Å²) in [5, 5.41) is 0.976. The number of carbonyl (C=O) groups is 1. The highest BCUT2D eigenvalue weighted by Crippen LogP contribution is 2.35. The number of H-pyrrole nitrogens is 1. The van der Waals surface area contributed by atoms with Gasteiger partial charge in [0.1, 0.15) is 19.2 Å². The van der Waals surface area contributed by atoms with Crippen molar-refractivity contribution in [2.24, 2.45) is 0 Å². The molecule has 2 aromatic heterocycles. The van der Waals surface area contributed by atoms with Crippen LogP contribution in [0.2, 0.25) is 0 Å². The molecule has 2 heterocycles. The molecule has 4 aromatic rings. The first-order chi connectivity index (χ1) is 14.0. The third kappa shape index (κ3) is 3.38. The number of hydrogen-bond donors (Lipinski definition) is 1. The molecule has 142 valence electrons. The van der Waals surface area contributed by atoms with E-state index in [0.717, 1.165) is 39.0 Å². The van der Waals surface area contributed by atoms with Crippen molar-refractivity contribution in [3.05, 3.63) is 66.5 Å². The molecule has 0 fully saturated rings. The van der Waals surface area contributed by atoms with Crippen molar-refractivity contribution in [2.75, 3.05) is 21.2 Å². The van der Waals surface area contributed by atoms with Gasteiger partial charge in [-0.15, -0.1) is 0 Å². The van der Waals surface area contributed by atoms with E-state index in [1.54, 1.807) is 33.5 Å². The molecule has 2 radical (unpaired) electrons. The van der Waals surface area contributed by atoms with Gasteiger partial charge < -0.3 is 14.6 Å². The standard InChI is InChI=1S/C23H20BN3O2/c1-27(2)23(28)18-10-14(8-9-20(18)24)15-11-17-19(13-26-22(17)25-12-15)16-6-4-5-7-21(16)29-3/h4-13H,1-3H3,(H,25,26). The minimum Gasteiger partial charge on any atom is -0.496 e. The van der Waals surface area contributed by atoms with E-state index in [4.69, 9.17) is 12.6 Å². The first kappa shape index (κ1) is 18.8. The number of nitrogens with one attached hydrogen (secondary N) is 1. The Morgan fingerprint density at radius 1 is 1.07 bits per heavy atom. The zero-order valence-electron chi connectivity index (χ0n) is 16.6. The summed E-state index contributed by atoms with van der Waals surface area (Å²) in [6.07, 6.45) is 3.73. The predicted molar refractivity (Wildman–Crippen MR) is 117 cm³/mol. The minimum absolute atomic E-state index is 0.130. The van der Waals surface area contributed by atoms with Gasteiger partial charge in [0.15, 0.2) is 0 Å². The van der Waals surface area contributed by atoms with Crippen molar-refractivity contribution in [3.63, 3.8) is 0 Å². The largest absolute Gasteiger partial charge is 0.496 e. The first-order valence-electron chi connectivity index (χ1n) is 9.21. The van der Waals surface area contributed by atoms with Crippen LogP contribution in [0.15, 0.2) is 60.9 Å². The summed E-state index contributed by atoms with van der Waals surface area (Å²) in [7, 11) is 11.1. The summed E-state index contributed by atoms with van der Waals surface area (Å²) in [4.78, 5) is 21.7. The number of nitrogens with zero attached hydrogens (tertiary/aromatic N) is 2. The topological polar surface area (TPSA) is 58.2 Å². The molecule has 0 saturated heterocycles. The van der Waals surface area contributed by atoms with E-state index in [0.29, 0.717) is 11.0 Å². The summed E-state index contributed by atoms with van der Waals surface area (Å²) in [6.45, 7) is 0. The van der Waals surface area contributed by atoms with Gasteiger partial charge >= 0.3 is 0 Å². The minimum atomic E-state index is -0.130. The number of pyridine rings is 1. The number of para-hydroxylation sites is 1. The number of benzene rings is 2. The SMILES string of the molecule is [B]c1ccc(-c2cnc3[nH]cc(-c4ccccc4OC)c3c2)cc1C(=O)N(C)C. The van der Waals surface area contributed by atoms with E-state index in [2.05, 4.69) is 16.0 Å². The van der Waals surface area contributed by atoms with Crippen molar-refractivity contribution in [1.82, 2.24) is 14.9 Å². The van der Waals surface area contributed by atoms with Crippen LogP contribution < -0.4 is 10.2 Å². The number of carbonyl (C=O) groups excluding carboxylic acids is 1. The van der Waals surface area contributed by atoms with Gasteiger partial charge in [0.2, 0.25) is 0 Å². The van der Waals surface area contributed by atoms with Crippen LogP contribution in [0.25, 0.3) is 33.3 Å². The molecule has 5 nitrogen and oxygen atoms in total. The van der Waals surface area contributed by atoms with Gasteiger partial charge in [-0.2, -0.15) is 0 Å². The number of aromatic nitrogens is 2. The van der Waals surface area contributed by atoms with Gasteiger partial charge in [-0.25, -0.2) is 4.98 Å². The average Bonchev–Trinajstić information content (AvgIpc) is 3.16. The molecule has 1 N–H and O–H groups in total. The van der Waals surface area contributed by atoms with Crippen LogP contribution in [0.5, 0.6) is 5.75 Å². The molecule has 1 amide bonds.